The number of fused-ring (bicyclic) bond motifs is 1. The summed E-state index contributed by atoms with van der Waals surface area (Å²) in [5, 5.41) is 7.84. The van der Waals surface area contributed by atoms with Crippen molar-refractivity contribution in [2.24, 2.45) is 0 Å². The van der Waals surface area contributed by atoms with Crippen molar-refractivity contribution in [3.63, 3.8) is 0 Å². The number of hydrogen-bond donors (Lipinski definition) is 1. The number of aromatic nitrogens is 4. The summed E-state index contributed by atoms with van der Waals surface area (Å²) >= 11 is 0. The molecule has 0 saturated heterocycles. The molecule has 0 radical (unpaired) electrons. The molecule has 4 rings (SSSR count). The maximum atomic E-state index is 13.7. The number of rotatable bonds is 4. The van der Waals surface area contributed by atoms with Crippen molar-refractivity contribution in [1.29, 1.82) is 0 Å². The third kappa shape index (κ3) is 3.16. The second-order valence-corrected chi connectivity index (χ2v) is 5.43. The van der Waals surface area contributed by atoms with Crippen LogP contribution in [0.1, 0.15) is 11.3 Å². The first-order valence-electron chi connectivity index (χ1n) is 7.56. The van der Waals surface area contributed by atoms with Crippen LogP contribution in [0.25, 0.3) is 11.0 Å². The number of ether oxygens (including phenoxy) is 1. The summed E-state index contributed by atoms with van der Waals surface area (Å²) in [6.07, 6.45) is 2.23. The molecule has 0 aliphatic carbocycles. The van der Waals surface area contributed by atoms with E-state index in [9.17, 15) is 8.78 Å². The number of nitrogens with one attached hydrogen (secondary N) is 1. The lowest BCUT2D eigenvalue weighted by Crippen LogP contribution is -1.95. The van der Waals surface area contributed by atoms with E-state index in [1.165, 1.54) is 6.07 Å². The Morgan fingerprint density at radius 2 is 1.88 bits per heavy atom. The average Bonchev–Trinajstić information content (AvgIpc) is 3.00. The van der Waals surface area contributed by atoms with Crippen LogP contribution in [-0.4, -0.2) is 20.2 Å². The lowest BCUT2D eigenvalue weighted by atomic mass is 10.1. The standard InChI is InChI=1S/C18H12F2N4O/c19-12-6-7-16(14(20)9-12)25-18-21-10-13-15(23-24-17(13)22-18)8-11-4-2-1-3-5-11/h1-7,9-10H,8H2,(H,21,22,23,24). The fraction of sp³-hybridized carbons (Fsp3) is 0.0556. The molecule has 1 N–H and O–H groups in total. The fourth-order valence-corrected chi connectivity index (χ4v) is 2.48. The van der Waals surface area contributed by atoms with Gasteiger partial charge in [-0.15, -0.1) is 0 Å². The van der Waals surface area contributed by atoms with Crippen LogP contribution in [0, 0.1) is 11.6 Å². The van der Waals surface area contributed by atoms with Gasteiger partial charge < -0.3 is 4.74 Å². The summed E-state index contributed by atoms with van der Waals surface area (Å²) in [5.74, 6) is -1.66. The average molecular weight is 338 g/mol. The van der Waals surface area contributed by atoms with E-state index >= 15 is 0 Å². The van der Waals surface area contributed by atoms with Gasteiger partial charge in [0.1, 0.15) is 5.82 Å². The van der Waals surface area contributed by atoms with Crippen LogP contribution < -0.4 is 4.74 Å². The van der Waals surface area contributed by atoms with Crippen molar-refractivity contribution in [3.05, 3.63) is 77.6 Å². The summed E-state index contributed by atoms with van der Waals surface area (Å²) < 4.78 is 31.9. The zero-order valence-corrected chi connectivity index (χ0v) is 12.9. The molecule has 0 unspecified atom stereocenters. The zero-order valence-electron chi connectivity index (χ0n) is 12.9. The third-order valence-electron chi connectivity index (χ3n) is 3.69. The van der Waals surface area contributed by atoms with Crippen molar-refractivity contribution < 1.29 is 13.5 Å². The van der Waals surface area contributed by atoms with Gasteiger partial charge in [0.25, 0.3) is 0 Å². The van der Waals surface area contributed by atoms with Gasteiger partial charge in [-0.05, 0) is 17.7 Å². The molecule has 2 aromatic carbocycles. The Kier molecular flexibility index (Phi) is 3.81. The molecule has 0 aliphatic heterocycles. The molecule has 0 fully saturated rings. The van der Waals surface area contributed by atoms with Gasteiger partial charge in [0.2, 0.25) is 0 Å². The van der Waals surface area contributed by atoms with Gasteiger partial charge in [-0.3, -0.25) is 5.10 Å². The van der Waals surface area contributed by atoms with Crippen molar-refractivity contribution in [2.75, 3.05) is 0 Å². The molecule has 0 saturated carbocycles. The maximum Gasteiger partial charge on any atom is 0.324 e. The summed E-state index contributed by atoms with van der Waals surface area (Å²) in [7, 11) is 0. The highest BCUT2D eigenvalue weighted by Crippen LogP contribution is 2.24. The van der Waals surface area contributed by atoms with Gasteiger partial charge in [0.05, 0.1) is 11.1 Å². The van der Waals surface area contributed by atoms with E-state index in [4.69, 9.17) is 4.74 Å². The van der Waals surface area contributed by atoms with Gasteiger partial charge in [-0.1, -0.05) is 30.3 Å². The molecule has 0 bridgehead atoms. The van der Waals surface area contributed by atoms with E-state index < -0.39 is 11.6 Å². The predicted molar refractivity (Wildman–Crippen MR) is 87.4 cm³/mol. The molecule has 124 valence electrons. The first-order valence-corrected chi connectivity index (χ1v) is 7.56. The first-order chi connectivity index (χ1) is 12.2. The van der Waals surface area contributed by atoms with Gasteiger partial charge in [-0.2, -0.15) is 10.1 Å². The first kappa shape index (κ1) is 15.2. The van der Waals surface area contributed by atoms with Crippen LogP contribution >= 0.6 is 0 Å². The largest absolute Gasteiger partial charge is 0.421 e. The molecular weight excluding hydrogens is 326 g/mol. The number of nitrogens with zero attached hydrogens (tertiary/aromatic N) is 3. The van der Waals surface area contributed by atoms with E-state index in [0.717, 1.165) is 28.8 Å². The van der Waals surface area contributed by atoms with Crippen molar-refractivity contribution in [1.82, 2.24) is 20.2 Å². The zero-order chi connectivity index (χ0) is 17.2. The maximum absolute atomic E-state index is 13.7. The highest BCUT2D eigenvalue weighted by Gasteiger charge is 2.12. The van der Waals surface area contributed by atoms with Crippen molar-refractivity contribution >= 4 is 11.0 Å². The molecule has 0 atom stereocenters. The lowest BCUT2D eigenvalue weighted by Gasteiger charge is -2.04. The van der Waals surface area contributed by atoms with Crippen LogP contribution in [0.4, 0.5) is 8.78 Å². The number of hydrogen-bond acceptors (Lipinski definition) is 4. The van der Waals surface area contributed by atoms with Gasteiger partial charge >= 0.3 is 6.01 Å². The Labute approximate surface area is 141 Å². The van der Waals surface area contributed by atoms with E-state index in [0.29, 0.717) is 12.1 Å². The highest BCUT2D eigenvalue weighted by molar-refractivity contribution is 5.77. The predicted octanol–water partition coefficient (Wildman–Crippen LogP) is 4.01. The normalized spacial score (nSPS) is 11.0. The Hall–Kier alpha value is -3.35. The smallest absolute Gasteiger partial charge is 0.324 e. The molecule has 2 aromatic heterocycles. The SMILES string of the molecule is Fc1ccc(Oc2ncc3c(Cc4ccccc4)[nH]nc3n2)c(F)c1. The molecular formula is C18H12F2N4O. The van der Waals surface area contributed by atoms with Crippen LogP contribution in [0.3, 0.4) is 0 Å². The van der Waals surface area contributed by atoms with Gasteiger partial charge in [0.15, 0.2) is 17.2 Å². The van der Waals surface area contributed by atoms with Gasteiger partial charge in [-0.25, -0.2) is 13.8 Å². The van der Waals surface area contributed by atoms with E-state index in [1.54, 1.807) is 6.20 Å². The summed E-state index contributed by atoms with van der Waals surface area (Å²) in [6, 6.07) is 12.9. The number of H-pyrrole nitrogens is 1. The lowest BCUT2D eigenvalue weighted by molar-refractivity contribution is 0.409. The van der Waals surface area contributed by atoms with E-state index in [-0.39, 0.29) is 11.8 Å². The van der Waals surface area contributed by atoms with Crippen LogP contribution in [0.5, 0.6) is 11.8 Å². The second kappa shape index (κ2) is 6.27. The van der Waals surface area contributed by atoms with Crippen LogP contribution in [0.15, 0.2) is 54.7 Å². The minimum atomic E-state index is -0.824. The molecule has 5 nitrogen and oxygen atoms in total. The Morgan fingerprint density at radius 1 is 1.04 bits per heavy atom. The molecule has 0 spiro atoms. The van der Waals surface area contributed by atoms with Crippen LogP contribution in [-0.2, 0) is 6.42 Å². The Balaban J connectivity index is 1.61. The monoisotopic (exact) mass is 338 g/mol. The minimum Gasteiger partial charge on any atom is -0.421 e. The topological polar surface area (TPSA) is 63.7 Å². The molecule has 2 heterocycles. The molecule has 0 aliphatic rings. The summed E-state index contributed by atoms with van der Waals surface area (Å²) in [6.45, 7) is 0. The van der Waals surface area contributed by atoms with E-state index in [1.807, 2.05) is 30.3 Å². The number of benzene rings is 2. The molecule has 7 heteroatoms. The van der Waals surface area contributed by atoms with Crippen molar-refractivity contribution in [3.8, 4) is 11.8 Å². The summed E-state index contributed by atoms with van der Waals surface area (Å²) in [5.41, 5.74) is 2.42. The van der Waals surface area contributed by atoms with Gasteiger partial charge in [0, 0.05) is 18.7 Å². The fourth-order valence-electron chi connectivity index (χ4n) is 2.48. The minimum absolute atomic E-state index is 0.0595. The Bertz CT molecular complexity index is 1030. The quantitative estimate of drug-likeness (QED) is 0.610. The number of halogens is 2. The van der Waals surface area contributed by atoms with Crippen molar-refractivity contribution in [2.45, 2.75) is 6.42 Å². The Morgan fingerprint density at radius 3 is 2.68 bits per heavy atom. The summed E-state index contributed by atoms with van der Waals surface area (Å²) in [4.78, 5) is 8.25. The molecule has 0 amide bonds. The molecule has 4 aromatic rings. The highest BCUT2D eigenvalue weighted by atomic mass is 19.1. The third-order valence-corrected chi connectivity index (χ3v) is 3.69. The van der Waals surface area contributed by atoms with Crippen LogP contribution in [0.2, 0.25) is 0 Å². The number of aromatic amines is 1. The second-order valence-electron chi connectivity index (χ2n) is 5.43. The molecule has 25 heavy (non-hydrogen) atoms. The van der Waals surface area contributed by atoms with E-state index in [2.05, 4.69) is 20.2 Å².